The molecule has 2 aromatic heterocycles. The van der Waals surface area contributed by atoms with Crippen LogP contribution in [0.2, 0.25) is 0 Å². The predicted molar refractivity (Wildman–Crippen MR) is 154 cm³/mol. The number of ether oxygens (including phenoxy) is 3. The minimum absolute atomic E-state index is 0.380. The molecule has 204 valence electrons. The molecule has 4 aromatic rings. The van der Waals surface area contributed by atoms with Crippen molar-refractivity contribution in [3.63, 3.8) is 0 Å². The molecule has 0 unspecified atom stereocenters. The summed E-state index contributed by atoms with van der Waals surface area (Å²) in [5.74, 6) is 2.92. The lowest BCUT2D eigenvalue weighted by atomic mass is 10.2. The highest BCUT2D eigenvalue weighted by Gasteiger charge is 2.06. The maximum absolute atomic E-state index is 5.92. The van der Waals surface area contributed by atoms with Crippen molar-refractivity contribution in [2.24, 2.45) is 10.2 Å². The average molecular weight is 567 g/mol. The van der Waals surface area contributed by atoms with Crippen LogP contribution in [0.15, 0.2) is 58.7 Å². The van der Waals surface area contributed by atoms with Gasteiger partial charge in [-0.1, -0.05) is 38.1 Å². The van der Waals surface area contributed by atoms with E-state index >= 15 is 0 Å². The Hall–Kier alpha value is -3.94. The van der Waals surface area contributed by atoms with Crippen LogP contribution < -0.4 is 9.47 Å². The highest BCUT2D eigenvalue weighted by Crippen LogP contribution is 2.17. The second-order valence-corrected chi connectivity index (χ2v) is 8.87. The standard InChI is InChI=1S/C26H30N8O3S2/c1-3-23-29-31-25(38)33(23)27-17-19-9-5-7-11-21(19)36-15-13-35-14-16-37-22-12-8-6-10-20(22)18-28-34-24(4-2)30-32-26(34)39/h5-12,17-18H,3-4,13-16H2,1-2H3,(H,31,38)(H,32,39). The van der Waals surface area contributed by atoms with Crippen LogP contribution >= 0.6 is 24.4 Å². The third-order valence-electron chi connectivity index (χ3n) is 5.50. The third kappa shape index (κ3) is 7.56. The number of aromatic nitrogens is 6. The summed E-state index contributed by atoms with van der Waals surface area (Å²) in [5, 5.41) is 22.8. The number of H-pyrrole nitrogens is 2. The number of hydrogen-bond acceptors (Lipinski definition) is 9. The fraction of sp³-hybridized carbons (Fsp3) is 0.308. The predicted octanol–water partition coefficient (Wildman–Crippen LogP) is 4.56. The molecule has 0 atom stereocenters. The van der Waals surface area contributed by atoms with E-state index in [0.29, 0.717) is 60.3 Å². The Kier molecular flexibility index (Phi) is 10.3. The molecule has 11 nitrogen and oxygen atoms in total. The molecule has 0 aliphatic heterocycles. The summed E-state index contributed by atoms with van der Waals surface area (Å²) in [6, 6.07) is 15.3. The van der Waals surface area contributed by atoms with Crippen molar-refractivity contribution < 1.29 is 14.2 Å². The Bertz CT molecular complexity index is 1420. The highest BCUT2D eigenvalue weighted by molar-refractivity contribution is 7.71. The maximum atomic E-state index is 5.92. The number of para-hydroxylation sites is 2. The summed E-state index contributed by atoms with van der Waals surface area (Å²) in [4.78, 5) is 0. The van der Waals surface area contributed by atoms with Gasteiger partial charge in [-0.05, 0) is 48.7 Å². The van der Waals surface area contributed by atoms with Crippen LogP contribution in [0.1, 0.15) is 36.6 Å². The molecule has 2 N–H and O–H groups in total. The van der Waals surface area contributed by atoms with Gasteiger partial charge in [-0.3, -0.25) is 10.2 Å². The van der Waals surface area contributed by atoms with Gasteiger partial charge in [0, 0.05) is 24.0 Å². The van der Waals surface area contributed by atoms with Crippen molar-refractivity contribution in [1.82, 2.24) is 29.7 Å². The summed E-state index contributed by atoms with van der Waals surface area (Å²) in [6.07, 6.45) is 4.84. The van der Waals surface area contributed by atoms with E-state index in [2.05, 4.69) is 30.6 Å². The van der Waals surface area contributed by atoms with Gasteiger partial charge in [-0.2, -0.15) is 29.8 Å². The second-order valence-electron chi connectivity index (χ2n) is 8.09. The van der Waals surface area contributed by atoms with Gasteiger partial charge < -0.3 is 14.2 Å². The minimum Gasteiger partial charge on any atom is -0.491 e. The van der Waals surface area contributed by atoms with Crippen LogP contribution in [0.3, 0.4) is 0 Å². The van der Waals surface area contributed by atoms with Gasteiger partial charge in [0.1, 0.15) is 24.7 Å². The molecular formula is C26H30N8O3S2. The smallest absolute Gasteiger partial charge is 0.216 e. The van der Waals surface area contributed by atoms with E-state index < -0.39 is 0 Å². The Labute approximate surface area is 236 Å². The van der Waals surface area contributed by atoms with Crippen molar-refractivity contribution in [3.8, 4) is 11.5 Å². The SMILES string of the molecule is CCc1n[nH]c(=S)n1N=Cc1ccccc1OCCOCCOc1ccccc1C=Nn1c(CC)n[nH]c1=S. The van der Waals surface area contributed by atoms with Crippen LogP contribution in [0.5, 0.6) is 11.5 Å². The Balaban J connectivity index is 1.24. The van der Waals surface area contributed by atoms with Gasteiger partial charge in [-0.25, -0.2) is 0 Å². The van der Waals surface area contributed by atoms with Gasteiger partial charge in [-0.15, -0.1) is 0 Å². The Morgan fingerprint density at radius 2 is 1.15 bits per heavy atom. The van der Waals surface area contributed by atoms with Gasteiger partial charge >= 0.3 is 0 Å². The zero-order valence-electron chi connectivity index (χ0n) is 21.7. The minimum atomic E-state index is 0.380. The van der Waals surface area contributed by atoms with Crippen LogP contribution in [0.4, 0.5) is 0 Å². The van der Waals surface area contributed by atoms with E-state index in [0.717, 1.165) is 22.8 Å². The number of aryl methyl sites for hydroxylation is 2. The second kappa shape index (κ2) is 14.3. The first-order valence-electron chi connectivity index (χ1n) is 12.5. The topological polar surface area (TPSA) is 120 Å². The van der Waals surface area contributed by atoms with Crippen molar-refractivity contribution in [2.45, 2.75) is 26.7 Å². The Morgan fingerprint density at radius 1 is 0.718 bits per heavy atom. The fourth-order valence-corrected chi connectivity index (χ4v) is 3.94. The van der Waals surface area contributed by atoms with E-state index in [-0.39, 0.29) is 0 Å². The number of nitrogens with zero attached hydrogens (tertiary/aromatic N) is 6. The highest BCUT2D eigenvalue weighted by atomic mass is 32.1. The monoisotopic (exact) mass is 566 g/mol. The van der Waals surface area contributed by atoms with E-state index in [4.69, 9.17) is 38.6 Å². The molecule has 0 bridgehead atoms. The number of benzene rings is 2. The van der Waals surface area contributed by atoms with E-state index in [1.807, 2.05) is 62.4 Å². The molecule has 0 aliphatic rings. The van der Waals surface area contributed by atoms with Gasteiger partial charge in [0.2, 0.25) is 9.54 Å². The molecule has 0 saturated carbocycles. The quantitative estimate of drug-likeness (QED) is 0.130. The van der Waals surface area contributed by atoms with Crippen molar-refractivity contribution in [1.29, 1.82) is 0 Å². The summed E-state index contributed by atoms with van der Waals surface area (Å²) < 4.78 is 21.7. The molecule has 0 saturated heterocycles. The number of rotatable bonds is 14. The molecule has 0 spiro atoms. The van der Waals surface area contributed by atoms with Crippen LogP contribution in [-0.2, 0) is 17.6 Å². The lowest BCUT2D eigenvalue weighted by Crippen LogP contribution is -2.13. The third-order valence-corrected chi connectivity index (χ3v) is 6.03. The van der Waals surface area contributed by atoms with Gasteiger partial charge in [0.15, 0.2) is 11.6 Å². The lowest BCUT2D eigenvalue weighted by molar-refractivity contribution is 0.0764. The first-order valence-corrected chi connectivity index (χ1v) is 13.3. The molecule has 2 aromatic carbocycles. The summed E-state index contributed by atoms with van der Waals surface area (Å²) >= 11 is 10.5. The summed E-state index contributed by atoms with van der Waals surface area (Å²) in [6.45, 7) is 5.56. The summed E-state index contributed by atoms with van der Waals surface area (Å²) in [7, 11) is 0. The lowest BCUT2D eigenvalue weighted by Gasteiger charge is -2.11. The summed E-state index contributed by atoms with van der Waals surface area (Å²) in [5.41, 5.74) is 1.65. The molecule has 0 fully saturated rings. The van der Waals surface area contributed by atoms with Crippen LogP contribution in [0, 0.1) is 9.54 Å². The van der Waals surface area contributed by atoms with E-state index in [1.165, 1.54) is 0 Å². The zero-order chi connectivity index (χ0) is 27.5. The molecule has 13 heteroatoms. The Morgan fingerprint density at radius 3 is 1.59 bits per heavy atom. The van der Waals surface area contributed by atoms with Gasteiger partial charge in [0.25, 0.3) is 0 Å². The molecule has 4 rings (SSSR count). The van der Waals surface area contributed by atoms with Crippen LogP contribution in [0.25, 0.3) is 0 Å². The van der Waals surface area contributed by atoms with Crippen molar-refractivity contribution >= 4 is 36.9 Å². The van der Waals surface area contributed by atoms with E-state index in [1.54, 1.807) is 21.8 Å². The molecule has 0 aliphatic carbocycles. The average Bonchev–Trinajstić information content (AvgIpc) is 3.51. The van der Waals surface area contributed by atoms with Crippen molar-refractivity contribution in [3.05, 3.63) is 80.8 Å². The largest absolute Gasteiger partial charge is 0.491 e. The number of hydrogen-bond donors (Lipinski definition) is 2. The van der Waals surface area contributed by atoms with Crippen LogP contribution in [-0.4, -0.2) is 68.6 Å². The van der Waals surface area contributed by atoms with Crippen molar-refractivity contribution in [2.75, 3.05) is 26.4 Å². The number of aromatic amines is 2. The molecule has 39 heavy (non-hydrogen) atoms. The molecule has 0 radical (unpaired) electrons. The van der Waals surface area contributed by atoms with Gasteiger partial charge in [0.05, 0.1) is 25.6 Å². The maximum Gasteiger partial charge on any atom is 0.216 e. The fourth-order valence-electron chi connectivity index (χ4n) is 3.54. The molecule has 0 amide bonds. The zero-order valence-corrected chi connectivity index (χ0v) is 23.4. The van der Waals surface area contributed by atoms with E-state index in [9.17, 15) is 0 Å². The normalized spacial score (nSPS) is 11.5. The molecule has 2 heterocycles. The first-order chi connectivity index (χ1) is 19.1. The number of nitrogens with one attached hydrogen (secondary N) is 2. The molecular weight excluding hydrogens is 536 g/mol. The first kappa shape index (κ1) is 28.1.